The van der Waals surface area contributed by atoms with E-state index in [4.69, 9.17) is 0 Å². The maximum atomic E-state index is 12.4. The van der Waals surface area contributed by atoms with Gasteiger partial charge in [0.15, 0.2) is 0 Å². The normalized spacial score (nSPS) is 34.4. The monoisotopic (exact) mass is 239 g/mol. The lowest BCUT2D eigenvalue weighted by molar-refractivity contribution is -0.143. The smallest absolute Gasteiger partial charge is 0.226 e. The molecule has 0 aliphatic carbocycles. The van der Waals surface area contributed by atoms with Crippen molar-refractivity contribution in [3.8, 4) is 0 Å². The molecule has 2 fully saturated rings. The van der Waals surface area contributed by atoms with Crippen molar-refractivity contribution in [3.05, 3.63) is 0 Å². The van der Waals surface area contributed by atoms with Gasteiger partial charge in [-0.05, 0) is 20.3 Å². The summed E-state index contributed by atoms with van der Waals surface area (Å²) in [7, 11) is 0. The number of hydrogen-bond acceptors (Lipinski definition) is 3. The molecule has 5 heteroatoms. The second-order valence-corrected chi connectivity index (χ2v) is 5.05. The highest BCUT2D eigenvalue weighted by molar-refractivity contribution is 5.87. The van der Waals surface area contributed by atoms with Crippen LogP contribution in [0.5, 0.6) is 0 Å². The van der Waals surface area contributed by atoms with Crippen LogP contribution in [0.2, 0.25) is 0 Å². The van der Waals surface area contributed by atoms with E-state index >= 15 is 0 Å². The molecule has 0 aromatic carbocycles. The van der Waals surface area contributed by atoms with Gasteiger partial charge in [-0.25, -0.2) is 0 Å². The van der Waals surface area contributed by atoms with Crippen LogP contribution in [0.15, 0.2) is 0 Å². The van der Waals surface area contributed by atoms with Crippen LogP contribution in [-0.2, 0) is 9.59 Å². The first-order chi connectivity index (χ1) is 8.09. The van der Waals surface area contributed by atoms with Crippen molar-refractivity contribution < 1.29 is 9.59 Å². The van der Waals surface area contributed by atoms with E-state index in [0.29, 0.717) is 19.0 Å². The van der Waals surface area contributed by atoms with Crippen LogP contribution < -0.4 is 10.6 Å². The minimum absolute atomic E-state index is 0.00503. The van der Waals surface area contributed by atoms with Gasteiger partial charge in [-0.2, -0.15) is 0 Å². The highest BCUT2D eigenvalue weighted by Crippen LogP contribution is 2.19. The van der Waals surface area contributed by atoms with Gasteiger partial charge in [-0.3, -0.25) is 9.59 Å². The van der Waals surface area contributed by atoms with Gasteiger partial charge in [0.25, 0.3) is 0 Å². The van der Waals surface area contributed by atoms with Crippen molar-refractivity contribution >= 4 is 11.8 Å². The van der Waals surface area contributed by atoms with Gasteiger partial charge in [0.2, 0.25) is 11.8 Å². The Balaban J connectivity index is 2.00. The average Bonchev–Trinajstić information content (AvgIpc) is 2.32. The third kappa shape index (κ3) is 2.60. The van der Waals surface area contributed by atoms with Gasteiger partial charge in [-0.15, -0.1) is 0 Å². The van der Waals surface area contributed by atoms with Crippen molar-refractivity contribution in [2.24, 2.45) is 5.92 Å². The maximum Gasteiger partial charge on any atom is 0.226 e. The minimum atomic E-state index is -0.114. The molecule has 0 radical (unpaired) electrons. The number of nitrogens with zero attached hydrogens (tertiary/aromatic N) is 1. The van der Waals surface area contributed by atoms with Crippen molar-refractivity contribution in [3.63, 3.8) is 0 Å². The van der Waals surface area contributed by atoms with E-state index in [0.717, 1.165) is 19.5 Å². The fraction of sp³-hybridized carbons (Fsp3) is 0.833. The molecule has 0 aromatic heterocycles. The molecule has 0 aromatic rings. The fourth-order valence-corrected chi connectivity index (χ4v) is 2.60. The van der Waals surface area contributed by atoms with E-state index in [-0.39, 0.29) is 23.8 Å². The molecule has 2 rings (SSSR count). The van der Waals surface area contributed by atoms with Gasteiger partial charge < -0.3 is 15.5 Å². The highest BCUT2D eigenvalue weighted by atomic mass is 16.2. The fourth-order valence-electron chi connectivity index (χ4n) is 2.60. The summed E-state index contributed by atoms with van der Waals surface area (Å²) in [5.41, 5.74) is 0. The van der Waals surface area contributed by atoms with E-state index in [1.165, 1.54) is 0 Å². The van der Waals surface area contributed by atoms with Crippen LogP contribution >= 0.6 is 0 Å². The van der Waals surface area contributed by atoms with Gasteiger partial charge >= 0.3 is 0 Å². The van der Waals surface area contributed by atoms with E-state index in [9.17, 15) is 9.59 Å². The van der Waals surface area contributed by atoms with E-state index in [2.05, 4.69) is 24.5 Å². The summed E-state index contributed by atoms with van der Waals surface area (Å²) in [4.78, 5) is 25.6. The van der Waals surface area contributed by atoms with Crippen molar-refractivity contribution in [2.75, 3.05) is 19.6 Å². The molecule has 0 bridgehead atoms. The molecule has 3 atom stereocenters. The second kappa shape index (κ2) is 5.04. The lowest BCUT2D eigenvalue weighted by Gasteiger charge is -2.40. The Morgan fingerprint density at radius 1 is 1.35 bits per heavy atom. The summed E-state index contributed by atoms with van der Waals surface area (Å²) in [5.74, 6) is 0.0441. The van der Waals surface area contributed by atoms with E-state index in [1.54, 1.807) is 0 Å². The number of piperidine rings is 1. The number of amides is 2. The quantitative estimate of drug-likeness (QED) is 0.661. The number of carbonyl (C=O) groups excluding carboxylic acids is 2. The van der Waals surface area contributed by atoms with Crippen LogP contribution in [-0.4, -0.2) is 48.4 Å². The Bertz CT molecular complexity index is 319. The van der Waals surface area contributed by atoms with Crippen LogP contribution in [0.3, 0.4) is 0 Å². The van der Waals surface area contributed by atoms with Crippen LogP contribution in [0, 0.1) is 5.92 Å². The van der Waals surface area contributed by atoms with Crippen LogP contribution in [0.25, 0.3) is 0 Å². The van der Waals surface area contributed by atoms with E-state index < -0.39 is 0 Å². The molecule has 0 saturated carbocycles. The Kier molecular flexibility index (Phi) is 3.66. The first-order valence-corrected chi connectivity index (χ1v) is 6.40. The number of hydrogen-bond donors (Lipinski definition) is 2. The predicted molar refractivity (Wildman–Crippen MR) is 64.4 cm³/mol. The van der Waals surface area contributed by atoms with E-state index in [1.807, 2.05) is 4.90 Å². The SMILES string of the molecule is CC1NCCN(C(=O)C2CCNC(=O)C2)C1C. The van der Waals surface area contributed by atoms with Gasteiger partial charge in [0.1, 0.15) is 0 Å². The summed E-state index contributed by atoms with van der Waals surface area (Å²) in [6, 6.07) is 0.534. The maximum absolute atomic E-state index is 12.4. The predicted octanol–water partition coefficient (Wildman–Crippen LogP) is -0.279. The Labute approximate surface area is 102 Å². The largest absolute Gasteiger partial charge is 0.356 e. The molecule has 2 heterocycles. The molecule has 96 valence electrons. The molecule has 2 amide bonds. The molecule has 17 heavy (non-hydrogen) atoms. The first-order valence-electron chi connectivity index (χ1n) is 6.40. The second-order valence-electron chi connectivity index (χ2n) is 5.05. The number of rotatable bonds is 1. The minimum Gasteiger partial charge on any atom is -0.356 e. The van der Waals surface area contributed by atoms with Gasteiger partial charge in [-0.1, -0.05) is 0 Å². The summed E-state index contributed by atoms with van der Waals surface area (Å²) >= 11 is 0. The highest BCUT2D eigenvalue weighted by Gasteiger charge is 2.34. The molecular formula is C12H21N3O2. The zero-order chi connectivity index (χ0) is 12.4. The standard InChI is InChI=1S/C12H21N3O2/c1-8-9(2)15(6-5-13-8)12(17)10-3-4-14-11(16)7-10/h8-10,13H,3-7H2,1-2H3,(H,14,16). The number of carbonyl (C=O) groups is 2. The molecule has 2 aliphatic heterocycles. The first kappa shape index (κ1) is 12.4. The topological polar surface area (TPSA) is 61.4 Å². The number of piperazine rings is 1. The third-order valence-corrected chi connectivity index (χ3v) is 3.91. The molecule has 3 unspecified atom stereocenters. The molecule has 2 saturated heterocycles. The molecule has 5 nitrogen and oxygen atoms in total. The summed E-state index contributed by atoms with van der Waals surface area (Å²) in [6.07, 6.45) is 1.12. The Morgan fingerprint density at radius 3 is 2.82 bits per heavy atom. The Hall–Kier alpha value is -1.10. The lowest BCUT2D eigenvalue weighted by Crippen LogP contribution is -2.59. The zero-order valence-electron chi connectivity index (χ0n) is 10.5. The molecule has 2 aliphatic rings. The summed E-state index contributed by atoms with van der Waals surface area (Å²) in [6.45, 7) is 6.39. The molecule has 2 N–H and O–H groups in total. The van der Waals surface area contributed by atoms with Crippen molar-refractivity contribution in [1.29, 1.82) is 0 Å². The molecule has 0 spiro atoms. The summed E-state index contributed by atoms with van der Waals surface area (Å²) in [5, 5.41) is 6.12. The zero-order valence-corrected chi connectivity index (χ0v) is 10.5. The van der Waals surface area contributed by atoms with Crippen LogP contribution in [0.1, 0.15) is 26.7 Å². The van der Waals surface area contributed by atoms with Crippen molar-refractivity contribution in [1.82, 2.24) is 15.5 Å². The average molecular weight is 239 g/mol. The van der Waals surface area contributed by atoms with Gasteiger partial charge in [0, 0.05) is 44.1 Å². The third-order valence-electron chi connectivity index (χ3n) is 3.91. The Morgan fingerprint density at radius 2 is 2.12 bits per heavy atom. The lowest BCUT2D eigenvalue weighted by atomic mass is 9.94. The molecular weight excluding hydrogens is 218 g/mol. The number of nitrogens with one attached hydrogen (secondary N) is 2. The summed E-state index contributed by atoms with van der Waals surface area (Å²) < 4.78 is 0. The van der Waals surface area contributed by atoms with Crippen LogP contribution in [0.4, 0.5) is 0 Å². The van der Waals surface area contributed by atoms with Crippen molar-refractivity contribution in [2.45, 2.75) is 38.8 Å². The van der Waals surface area contributed by atoms with Gasteiger partial charge in [0.05, 0.1) is 0 Å².